The average molecular weight is 477 g/mol. The van der Waals surface area contributed by atoms with Crippen molar-refractivity contribution in [2.75, 3.05) is 23.3 Å². The van der Waals surface area contributed by atoms with Gasteiger partial charge >= 0.3 is 6.03 Å². The van der Waals surface area contributed by atoms with Crippen molar-refractivity contribution in [2.45, 2.75) is 59.4 Å². The summed E-state index contributed by atoms with van der Waals surface area (Å²) in [4.78, 5) is 41.1. The summed E-state index contributed by atoms with van der Waals surface area (Å²) >= 11 is 3.49. The summed E-state index contributed by atoms with van der Waals surface area (Å²) in [5, 5.41) is 5.91. The van der Waals surface area contributed by atoms with Crippen LogP contribution in [0.4, 0.5) is 16.2 Å². The van der Waals surface area contributed by atoms with Crippen molar-refractivity contribution < 1.29 is 14.4 Å². The summed E-state index contributed by atoms with van der Waals surface area (Å²) < 4.78 is 0.859. The summed E-state index contributed by atoms with van der Waals surface area (Å²) in [5.74, 6) is -0.0433. The number of isocyanates is 1. The average Bonchev–Trinajstić information content (AvgIpc) is 3.03. The first kappa shape index (κ1) is 22.5. The lowest BCUT2D eigenvalue weighted by Gasteiger charge is -2.45. The third kappa shape index (κ3) is 5.10. The van der Waals surface area contributed by atoms with Gasteiger partial charge in [-0.2, -0.15) is 0 Å². The van der Waals surface area contributed by atoms with E-state index >= 15 is 0 Å². The van der Waals surface area contributed by atoms with Crippen molar-refractivity contribution >= 4 is 45.3 Å². The second kappa shape index (κ2) is 8.52. The second-order valence-corrected chi connectivity index (χ2v) is 10.5. The maximum Gasteiger partial charge on any atom is 0.319 e. The third-order valence-corrected chi connectivity index (χ3v) is 6.45. The van der Waals surface area contributed by atoms with E-state index in [2.05, 4.69) is 52.3 Å². The Balaban J connectivity index is 1.71. The number of urea groups is 1. The quantitative estimate of drug-likeness (QED) is 0.498. The zero-order valence-electron chi connectivity index (χ0n) is 18.0. The van der Waals surface area contributed by atoms with E-state index in [1.165, 1.54) is 6.92 Å². The van der Waals surface area contributed by atoms with E-state index in [0.717, 1.165) is 41.4 Å². The number of aliphatic imine (C=N–C) groups is 1. The highest BCUT2D eigenvalue weighted by Gasteiger charge is 2.41. The Labute approximate surface area is 185 Å². The molecule has 1 aromatic rings. The van der Waals surface area contributed by atoms with Crippen LogP contribution in [0.5, 0.6) is 0 Å². The molecule has 1 aliphatic heterocycles. The zero-order valence-corrected chi connectivity index (χ0v) is 19.6. The molecule has 1 aromatic carbocycles. The van der Waals surface area contributed by atoms with Crippen LogP contribution in [0.2, 0.25) is 0 Å². The minimum Gasteiger partial charge on any atom is -0.337 e. The van der Waals surface area contributed by atoms with Crippen LogP contribution in [0.3, 0.4) is 0 Å². The number of carbonyl (C=O) groups is 2. The molecule has 2 unspecified atom stereocenters. The van der Waals surface area contributed by atoms with Crippen LogP contribution >= 0.6 is 15.9 Å². The Bertz CT molecular complexity index is 910. The first-order chi connectivity index (χ1) is 14.0. The summed E-state index contributed by atoms with van der Waals surface area (Å²) in [6.07, 6.45) is 4.95. The Kier molecular flexibility index (Phi) is 6.39. The van der Waals surface area contributed by atoms with Gasteiger partial charge in [0, 0.05) is 24.5 Å². The highest BCUT2D eigenvalue weighted by atomic mass is 79.9. The third-order valence-electron chi connectivity index (χ3n) is 5.99. The molecule has 2 atom stereocenters. The van der Waals surface area contributed by atoms with Crippen LogP contribution < -0.4 is 15.5 Å². The van der Waals surface area contributed by atoms with Gasteiger partial charge in [-0.15, -0.1) is 0 Å². The highest BCUT2D eigenvalue weighted by Crippen LogP contribution is 2.46. The SMILES string of the molecule is CC(=O)N1CCc2cc(Br)cc(NC(=O)NCC3(C)CC(N=C=O)CC(C)(C)C3)c21. The molecular formula is C22H29BrN4O3. The summed E-state index contributed by atoms with van der Waals surface area (Å²) in [6, 6.07) is 3.42. The van der Waals surface area contributed by atoms with Crippen LogP contribution in [0, 0.1) is 10.8 Å². The standard InChI is InChI=1S/C22H29BrN4O3/c1-14(29)27-6-5-15-7-16(23)8-18(19(15)27)26-20(30)24-12-22(4)10-17(25-13-28)9-21(2,3)11-22/h7-8,17H,5-6,9-12H2,1-4H3,(H2,24,26,30). The fourth-order valence-corrected chi connectivity index (χ4v) is 5.76. The van der Waals surface area contributed by atoms with E-state index in [9.17, 15) is 14.4 Å². The molecule has 2 aliphatic rings. The molecule has 30 heavy (non-hydrogen) atoms. The molecule has 0 saturated heterocycles. The van der Waals surface area contributed by atoms with Gasteiger partial charge in [-0.25, -0.2) is 14.6 Å². The first-order valence-electron chi connectivity index (χ1n) is 10.2. The molecular weight excluding hydrogens is 448 g/mol. The summed E-state index contributed by atoms with van der Waals surface area (Å²) in [6.45, 7) is 9.07. The Morgan fingerprint density at radius 2 is 2.03 bits per heavy atom. The Morgan fingerprint density at radius 3 is 2.70 bits per heavy atom. The molecule has 3 amide bonds. The minimum absolute atomic E-state index is 0.0310. The summed E-state index contributed by atoms with van der Waals surface area (Å²) in [5.41, 5.74) is 2.27. The minimum atomic E-state index is -0.314. The highest BCUT2D eigenvalue weighted by molar-refractivity contribution is 9.10. The molecule has 0 spiro atoms. The molecule has 7 nitrogen and oxygen atoms in total. The lowest BCUT2D eigenvalue weighted by atomic mass is 9.63. The fourth-order valence-electron chi connectivity index (χ4n) is 5.26. The van der Waals surface area contributed by atoms with Gasteiger partial charge in [0.15, 0.2) is 0 Å². The van der Waals surface area contributed by atoms with Crippen LogP contribution in [-0.2, 0) is 16.0 Å². The number of halogens is 1. The molecule has 1 fully saturated rings. The molecule has 1 aliphatic carbocycles. The second-order valence-electron chi connectivity index (χ2n) is 9.62. The van der Waals surface area contributed by atoms with Gasteiger partial charge in [0.25, 0.3) is 0 Å². The number of nitrogens with one attached hydrogen (secondary N) is 2. The largest absolute Gasteiger partial charge is 0.337 e. The number of rotatable bonds is 4. The van der Waals surface area contributed by atoms with Crippen molar-refractivity contribution in [1.82, 2.24) is 5.32 Å². The molecule has 1 saturated carbocycles. The molecule has 1 heterocycles. The van der Waals surface area contributed by atoms with E-state index in [0.29, 0.717) is 18.8 Å². The van der Waals surface area contributed by atoms with Gasteiger partial charge in [0.1, 0.15) is 0 Å². The van der Waals surface area contributed by atoms with E-state index in [1.807, 2.05) is 12.1 Å². The summed E-state index contributed by atoms with van der Waals surface area (Å²) in [7, 11) is 0. The first-order valence-corrected chi connectivity index (χ1v) is 11.0. The van der Waals surface area contributed by atoms with E-state index in [-0.39, 0.29) is 28.8 Å². The maximum atomic E-state index is 12.7. The van der Waals surface area contributed by atoms with Gasteiger partial charge in [-0.1, -0.05) is 36.7 Å². The number of anilines is 2. The van der Waals surface area contributed by atoms with Gasteiger partial charge < -0.3 is 15.5 Å². The molecule has 3 rings (SSSR count). The van der Waals surface area contributed by atoms with Gasteiger partial charge in [-0.3, -0.25) is 4.79 Å². The monoisotopic (exact) mass is 476 g/mol. The van der Waals surface area contributed by atoms with Crippen LogP contribution in [0.25, 0.3) is 0 Å². The lowest BCUT2D eigenvalue weighted by Crippen LogP contribution is -2.45. The van der Waals surface area contributed by atoms with Gasteiger partial charge in [0.2, 0.25) is 12.0 Å². The molecule has 162 valence electrons. The fraction of sp³-hybridized carbons (Fsp3) is 0.591. The van der Waals surface area contributed by atoms with Crippen molar-refractivity contribution in [1.29, 1.82) is 0 Å². The zero-order chi connectivity index (χ0) is 22.1. The predicted molar refractivity (Wildman–Crippen MR) is 121 cm³/mol. The number of hydrogen-bond donors (Lipinski definition) is 2. The van der Waals surface area contributed by atoms with E-state index in [4.69, 9.17) is 0 Å². The number of carbonyl (C=O) groups excluding carboxylic acids is 3. The maximum absolute atomic E-state index is 12.7. The van der Waals surface area contributed by atoms with Crippen LogP contribution in [0.15, 0.2) is 21.6 Å². The molecule has 0 bridgehead atoms. The number of hydrogen-bond acceptors (Lipinski definition) is 4. The van der Waals surface area contributed by atoms with Crippen LogP contribution in [-0.4, -0.2) is 37.1 Å². The van der Waals surface area contributed by atoms with Crippen molar-refractivity contribution in [3.8, 4) is 0 Å². The van der Waals surface area contributed by atoms with Gasteiger partial charge in [0.05, 0.1) is 17.4 Å². The molecule has 0 radical (unpaired) electrons. The topological polar surface area (TPSA) is 90.9 Å². The van der Waals surface area contributed by atoms with Gasteiger partial charge in [-0.05, 0) is 54.2 Å². The lowest BCUT2D eigenvalue weighted by molar-refractivity contribution is -0.116. The smallest absolute Gasteiger partial charge is 0.319 e. The van der Waals surface area contributed by atoms with Crippen molar-refractivity contribution in [3.63, 3.8) is 0 Å². The number of fused-ring (bicyclic) bond motifs is 1. The predicted octanol–water partition coefficient (Wildman–Crippen LogP) is 4.40. The number of amides is 3. The number of benzene rings is 1. The van der Waals surface area contributed by atoms with E-state index in [1.54, 1.807) is 11.0 Å². The molecule has 2 N–H and O–H groups in total. The molecule has 0 aromatic heterocycles. The Morgan fingerprint density at radius 1 is 1.30 bits per heavy atom. The number of nitrogens with zero attached hydrogens (tertiary/aromatic N) is 2. The van der Waals surface area contributed by atoms with Crippen LogP contribution in [0.1, 0.15) is 52.5 Å². The molecule has 8 heteroatoms. The van der Waals surface area contributed by atoms with Crippen molar-refractivity contribution in [2.24, 2.45) is 15.8 Å². The van der Waals surface area contributed by atoms with E-state index < -0.39 is 0 Å². The Hall–Kier alpha value is -2.18. The normalized spacial score (nSPS) is 24.6. The van der Waals surface area contributed by atoms with Crippen molar-refractivity contribution in [3.05, 3.63) is 22.2 Å².